The third kappa shape index (κ3) is 2.43. The van der Waals surface area contributed by atoms with Crippen LogP contribution in [0.25, 0.3) is 5.76 Å². The van der Waals surface area contributed by atoms with Crippen LogP contribution in [0, 0.1) is 0 Å². The van der Waals surface area contributed by atoms with Gasteiger partial charge in [0.15, 0.2) is 5.78 Å². The average Bonchev–Trinajstić information content (AvgIpc) is 2.18. The molecule has 0 aliphatic rings. The third-order valence-electron chi connectivity index (χ3n) is 1.88. The molecule has 0 saturated heterocycles. The molecule has 0 spiro atoms. The predicted octanol–water partition coefficient (Wildman–Crippen LogP) is 1.03. The SMILES string of the molecule is CC(=O)C(C(N)=O)=C(O)c1ccccc1. The van der Waals surface area contributed by atoms with E-state index in [0.29, 0.717) is 5.56 Å². The molecule has 1 rings (SSSR count). The lowest BCUT2D eigenvalue weighted by molar-refractivity contribution is -0.119. The largest absolute Gasteiger partial charge is 0.506 e. The number of Topliss-reactive ketones (excluding diaryl/α,β-unsaturated/α-hetero) is 1. The molecule has 0 radical (unpaired) electrons. The molecule has 4 heteroatoms. The highest BCUT2D eigenvalue weighted by atomic mass is 16.3. The number of carbonyl (C=O) groups excluding carboxylic acids is 2. The number of hydrogen-bond donors (Lipinski definition) is 2. The molecule has 15 heavy (non-hydrogen) atoms. The lowest BCUT2D eigenvalue weighted by Gasteiger charge is -2.04. The zero-order chi connectivity index (χ0) is 11.4. The number of carbonyl (C=O) groups is 2. The van der Waals surface area contributed by atoms with Crippen molar-refractivity contribution in [2.24, 2.45) is 5.73 Å². The molecule has 0 aliphatic heterocycles. The molecule has 1 aromatic carbocycles. The lowest BCUT2D eigenvalue weighted by atomic mass is 10.1. The van der Waals surface area contributed by atoms with Crippen LogP contribution in [0.5, 0.6) is 0 Å². The van der Waals surface area contributed by atoms with Crippen LogP contribution in [-0.4, -0.2) is 16.8 Å². The number of ketones is 1. The summed E-state index contributed by atoms with van der Waals surface area (Å²) in [6, 6.07) is 8.30. The Balaban J connectivity index is 3.29. The highest BCUT2D eigenvalue weighted by Gasteiger charge is 2.17. The summed E-state index contributed by atoms with van der Waals surface area (Å²) in [7, 11) is 0. The number of aliphatic hydroxyl groups is 1. The maximum atomic E-state index is 11.1. The molecule has 1 amide bonds. The molecule has 78 valence electrons. The van der Waals surface area contributed by atoms with E-state index in [1.165, 1.54) is 6.92 Å². The quantitative estimate of drug-likeness (QED) is 0.334. The van der Waals surface area contributed by atoms with Gasteiger partial charge in [0.1, 0.15) is 11.3 Å². The van der Waals surface area contributed by atoms with E-state index in [0.717, 1.165) is 0 Å². The van der Waals surface area contributed by atoms with E-state index >= 15 is 0 Å². The second kappa shape index (κ2) is 4.41. The third-order valence-corrected chi connectivity index (χ3v) is 1.88. The zero-order valence-corrected chi connectivity index (χ0v) is 8.23. The van der Waals surface area contributed by atoms with Crippen molar-refractivity contribution in [1.82, 2.24) is 0 Å². The molecule has 0 atom stereocenters. The van der Waals surface area contributed by atoms with Gasteiger partial charge in [0.2, 0.25) is 0 Å². The number of aliphatic hydroxyl groups excluding tert-OH is 1. The van der Waals surface area contributed by atoms with E-state index in [1.54, 1.807) is 30.3 Å². The molecule has 3 N–H and O–H groups in total. The van der Waals surface area contributed by atoms with Crippen LogP contribution >= 0.6 is 0 Å². The summed E-state index contributed by atoms with van der Waals surface area (Å²) < 4.78 is 0. The monoisotopic (exact) mass is 205 g/mol. The first-order valence-corrected chi connectivity index (χ1v) is 4.33. The maximum Gasteiger partial charge on any atom is 0.256 e. The van der Waals surface area contributed by atoms with Crippen LogP contribution in [-0.2, 0) is 9.59 Å². The molecule has 0 aromatic heterocycles. The first-order chi connectivity index (χ1) is 7.04. The molecule has 0 saturated carbocycles. The van der Waals surface area contributed by atoms with Gasteiger partial charge < -0.3 is 10.8 Å². The van der Waals surface area contributed by atoms with Gasteiger partial charge >= 0.3 is 0 Å². The fraction of sp³-hybridized carbons (Fsp3) is 0.0909. The van der Waals surface area contributed by atoms with Crippen molar-refractivity contribution in [3.8, 4) is 0 Å². The highest BCUT2D eigenvalue weighted by Crippen LogP contribution is 2.15. The first-order valence-electron chi connectivity index (χ1n) is 4.33. The van der Waals surface area contributed by atoms with Crippen LogP contribution in [0.4, 0.5) is 0 Å². The van der Waals surface area contributed by atoms with Crippen molar-refractivity contribution in [1.29, 1.82) is 0 Å². The topological polar surface area (TPSA) is 80.4 Å². The fourth-order valence-electron chi connectivity index (χ4n) is 1.20. The van der Waals surface area contributed by atoms with Gasteiger partial charge in [-0.1, -0.05) is 30.3 Å². The number of amides is 1. The van der Waals surface area contributed by atoms with E-state index in [2.05, 4.69) is 0 Å². The number of hydrogen-bond acceptors (Lipinski definition) is 3. The van der Waals surface area contributed by atoms with Crippen LogP contribution in [0.2, 0.25) is 0 Å². The number of primary amides is 1. The minimum absolute atomic E-state index is 0.374. The zero-order valence-electron chi connectivity index (χ0n) is 8.23. The van der Waals surface area contributed by atoms with E-state index < -0.39 is 11.7 Å². The van der Waals surface area contributed by atoms with E-state index in [4.69, 9.17) is 5.73 Å². The van der Waals surface area contributed by atoms with E-state index in [9.17, 15) is 14.7 Å². The van der Waals surface area contributed by atoms with Gasteiger partial charge in [-0.3, -0.25) is 9.59 Å². The van der Waals surface area contributed by atoms with Gasteiger partial charge in [-0.15, -0.1) is 0 Å². The van der Waals surface area contributed by atoms with Crippen molar-refractivity contribution in [3.63, 3.8) is 0 Å². The molecule has 0 fully saturated rings. The van der Waals surface area contributed by atoms with Crippen molar-refractivity contribution in [2.45, 2.75) is 6.92 Å². The molecule has 4 nitrogen and oxygen atoms in total. The summed E-state index contributed by atoms with van der Waals surface area (Å²) in [5.74, 6) is -1.86. The standard InChI is InChI=1S/C11H11NO3/c1-7(13)9(11(12)15)10(14)8-5-3-2-4-6-8/h2-6,14H,1H3,(H2,12,15). The van der Waals surface area contributed by atoms with Gasteiger partial charge in [0, 0.05) is 5.56 Å². The Morgan fingerprint density at radius 2 is 1.73 bits per heavy atom. The minimum atomic E-state index is -0.927. The second-order valence-corrected chi connectivity index (χ2v) is 3.01. The molecule has 0 aliphatic carbocycles. The van der Waals surface area contributed by atoms with Crippen LogP contribution < -0.4 is 5.73 Å². The molecule has 0 unspecified atom stereocenters. The molecule has 0 heterocycles. The van der Waals surface area contributed by atoms with Gasteiger partial charge in [-0.25, -0.2) is 0 Å². The van der Waals surface area contributed by atoms with Crippen molar-refractivity contribution in [3.05, 3.63) is 41.5 Å². The molecular formula is C11H11NO3. The summed E-state index contributed by atoms with van der Waals surface area (Å²) >= 11 is 0. The van der Waals surface area contributed by atoms with Crippen molar-refractivity contribution < 1.29 is 14.7 Å². The Morgan fingerprint density at radius 3 is 2.13 bits per heavy atom. The Morgan fingerprint density at radius 1 is 1.20 bits per heavy atom. The molecule has 1 aromatic rings. The second-order valence-electron chi connectivity index (χ2n) is 3.01. The van der Waals surface area contributed by atoms with Gasteiger partial charge in [-0.2, -0.15) is 0 Å². The summed E-state index contributed by atoms with van der Waals surface area (Å²) in [6.07, 6.45) is 0. The van der Waals surface area contributed by atoms with Gasteiger partial charge in [0.05, 0.1) is 0 Å². The fourth-order valence-corrected chi connectivity index (χ4v) is 1.20. The molecule has 0 bridgehead atoms. The Kier molecular flexibility index (Phi) is 3.23. The number of benzene rings is 1. The maximum absolute atomic E-state index is 11.1. The predicted molar refractivity (Wildman–Crippen MR) is 55.9 cm³/mol. The Bertz CT molecular complexity index is 405. The number of rotatable bonds is 3. The summed E-state index contributed by atoms with van der Waals surface area (Å²) in [6.45, 7) is 1.18. The summed E-state index contributed by atoms with van der Waals surface area (Å²) in [5, 5.41) is 9.68. The summed E-state index contributed by atoms with van der Waals surface area (Å²) in [4.78, 5) is 22.0. The smallest absolute Gasteiger partial charge is 0.256 e. The van der Waals surface area contributed by atoms with Crippen LogP contribution in [0.1, 0.15) is 12.5 Å². The normalized spacial score (nSPS) is 11.8. The van der Waals surface area contributed by atoms with Gasteiger partial charge in [-0.05, 0) is 6.92 Å². The minimum Gasteiger partial charge on any atom is -0.506 e. The Hall–Kier alpha value is -2.10. The summed E-state index contributed by atoms with van der Waals surface area (Å²) in [5.41, 5.74) is 5.01. The Labute approximate surface area is 87.0 Å². The van der Waals surface area contributed by atoms with Crippen molar-refractivity contribution >= 4 is 17.4 Å². The first kappa shape index (κ1) is 11.0. The van der Waals surface area contributed by atoms with E-state index in [1.807, 2.05) is 0 Å². The molecular weight excluding hydrogens is 194 g/mol. The van der Waals surface area contributed by atoms with Gasteiger partial charge in [0.25, 0.3) is 5.91 Å². The highest BCUT2D eigenvalue weighted by molar-refractivity contribution is 6.22. The van der Waals surface area contributed by atoms with E-state index in [-0.39, 0.29) is 11.3 Å². The van der Waals surface area contributed by atoms with Crippen molar-refractivity contribution in [2.75, 3.05) is 0 Å². The average molecular weight is 205 g/mol. The van der Waals surface area contributed by atoms with Crippen LogP contribution in [0.3, 0.4) is 0 Å². The number of nitrogens with two attached hydrogens (primary N) is 1. The van der Waals surface area contributed by atoms with Crippen LogP contribution in [0.15, 0.2) is 35.9 Å². The lowest BCUT2D eigenvalue weighted by Crippen LogP contribution is -2.20.